The first-order valence-electron chi connectivity index (χ1n) is 8.31. The zero-order valence-electron chi connectivity index (χ0n) is 14.4. The van der Waals surface area contributed by atoms with Gasteiger partial charge in [-0.15, -0.1) is 10.2 Å². The van der Waals surface area contributed by atoms with Crippen LogP contribution in [0.25, 0.3) is 11.5 Å². The van der Waals surface area contributed by atoms with Gasteiger partial charge in [0.1, 0.15) is 35.0 Å². The Morgan fingerprint density at radius 2 is 2.11 bits per heavy atom. The minimum Gasteiger partial charge on any atom is -0.493 e. The van der Waals surface area contributed by atoms with Crippen LogP contribution in [-0.4, -0.2) is 37.4 Å². The van der Waals surface area contributed by atoms with Crippen molar-refractivity contribution in [2.24, 2.45) is 0 Å². The first kappa shape index (κ1) is 18.3. The lowest BCUT2D eigenvalue weighted by atomic mass is 10.2. The van der Waals surface area contributed by atoms with Crippen molar-refractivity contribution in [1.29, 1.82) is 0 Å². The van der Waals surface area contributed by atoms with E-state index in [-0.39, 0.29) is 11.3 Å². The average Bonchev–Trinajstić information content (AvgIpc) is 3.11. The number of nitrogens with zero attached hydrogens (tertiary/aromatic N) is 4. The predicted octanol–water partition coefficient (Wildman–Crippen LogP) is 2.62. The average molecular weight is 371 g/mol. The Morgan fingerprint density at radius 1 is 1.26 bits per heavy atom. The van der Waals surface area contributed by atoms with Crippen molar-refractivity contribution in [2.75, 3.05) is 12.3 Å². The predicted molar refractivity (Wildman–Crippen MR) is 95.8 cm³/mol. The van der Waals surface area contributed by atoms with E-state index in [1.54, 1.807) is 18.5 Å². The largest absolute Gasteiger partial charge is 0.493 e. The molecule has 0 aliphatic heterocycles. The van der Waals surface area contributed by atoms with Crippen molar-refractivity contribution in [3.8, 4) is 17.3 Å². The molecule has 0 aliphatic carbocycles. The van der Waals surface area contributed by atoms with Crippen molar-refractivity contribution >= 4 is 11.8 Å². The van der Waals surface area contributed by atoms with Crippen molar-refractivity contribution in [3.05, 3.63) is 54.1 Å². The molecule has 0 saturated heterocycles. The third kappa shape index (κ3) is 4.57. The summed E-state index contributed by atoms with van der Waals surface area (Å²) in [6, 6.07) is 8.74. The first-order chi connectivity index (χ1) is 13.0. The summed E-state index contributed by atoms with van der Waals surface area (Å²) < 4.78 is 20.5. The van der Waals surface area contributed by atoms with Gasteiger partial charge < -0.3 is 20.1 Å². The summed E-state index contributed by atoms with van der Waals surface area (Å²) in [6.07, 6.45) is 3.03. The minimum atomic E-state index is -1.23. The number of aromatic nitrogens is 4. The molecule has 0 unspecified atom stereocenters. The lowest BCUT2D eigenvalue weighted by Gasteiger charge is -2.10. The lowest BCUT2D eigenvalue weighted by molar-refractivity contribution is 0.0691. The van der Waals surface area contributed by atoms with Gasteiger partial charge in [0.15, 0.2) is 5.82 Å². The standard InChI is InChI=1S/C18H18FN5O3/c19-12-6-7-15(13(10-12)18(25)26)27-9-2-1-8-24-11-21-23-17(24)14-4-3-5-16(20)22-14/h3-7,10-11H,1-2,8-9H2,(H2,20,22)(H,25,26). The number of unbranched alkanes of at least 4 members (excludes halogenated alkanes) is 1. The molecule has 3 N–H and O–H groups in total. The number of anilines is 1. The van der Waals surface area contributed by atoms with Gasteiger partial charge in [-0.05, 0) is 43.2 Å². The van der Waals surface area contributed by atoms with Crippen molar-refractivity contribution in [2.45, 2.75) is 19.4 Å². The Kier molecular flexibility index (Phi) is 5.60. The fourth-order valence-corrected chi connectivity index (χ4v) is 2.55. The van der Waals surface area contributed by atoms with Crippen LogP contribution in [0.15, 0.2) is 42.7 Å². The second kappa shape index (κ2) is 8.26. The minimum absolute atomic E-state index is 0.151. The molecular formula is C18H18FN5O3. The van der Waals surface area contributed by atoms with Crippen molar-refractivity contribution < 1.29 is 19.0 Å². The number of carboxylic acids is 1. The van der Waals surface area contributed by atoms with Gasteiger partial charge in [0.25, 0.3) is 0 Å². The molecule has 3 aromatic rings. The Labute approximate surface area is 154 Å². The third-order valence-electron chi connectivity index (χ3n) is 3.84. The molecule has 1 aromatic carbocycles. The van der Waals surface area contributed by atoms with Crippen LogP contribution in [-0.2, 0) is 6.54 Å². The van der Waals surface area contributed by atoms with Crippen LogP contribution in [0, 0.1) is 5.82 Å². The van der Waals surface area contributed by atoms with E-state index in [0.29, 0.717) is 36.9 Å². The van der Waals surface area contributed by atoms with E-state index in [0.717, 1.165) is 12.5 Å². The molecule has 0 fully saturated rings. The topological polar surface area (TPSA) is 116 Å². The first-order valence-corrected chi connectivity index (χ1v) is 8.31. The van der Waals surface area contributed by atoms with Gasteiger partial charge >= 0.3 is 5.97 Å². The van der Waals surface area contributed by atoms with Crippen molar-refractivity contribution in [3.63, 3.8) is 0 Å². The summed E-state index contributed by atoms with van der Waals surface area (Å²) >= 11 is 0. The fourth-order valence-electron chi connectivity index (χ4n) is 2.55. The molecule has 0 bridgehead atoms. The van der Waals surface area contributed by atoms with Gasteiger partial charge in [-0.2, -0.15) is 0 Å². The molecule has 0 spiro atoms. The molecule has 3 rings (SSSR count). The van der Waals surface area contributed by atoms with E-state index < -0.39 is 11.8 Å². The smallest absolute Gasteiger partial charge is 0.339 e. The second-order valence-corrected chi connectivity index (χ2v) is 5.80. The highest BCUT2D eigenvalue weighted by Crippen LogP contribution is 2.20. The molecular weight excluding hydrogens is 353 g/mol. The van der Waals surface area contributed by atoms with E-state index in [2.05, 4.69) is 15.2 Å². The number of hydrogen-bond acceptors (Lipinski definition) is 6. The summed E-state index contributed by atoms with van der Waals surface area (Å²) in [6.45, 7) is 0.942. The monoisotopic (exact) mass is 371 g/mol. The van der Waals surface area contributed by atoms with Crippen LogP contribution in [0.2, 0.25) is 0 Å². The molecule has 0 atom stereocenters. The van der Waals surface area contributed by atoms with Gasteiger partial charge in [0.2, 0.25) is 0 Å². The third-order valence-corrected chi connectivity index (χ3v) is 3.84. The lowest BCUT2D eigenvalue weighted by Crippen LogP contribution is -2.07. The summed E-state index contributed by atoms with van der Waals surface area (Å²) in [5.41, 5.74) is 6.15. The number of ether oxygens (including phenoxy) is 1. The van der Waals surface area contributed by atoms with Crippen molar-refractivity contribution in [1.82, 2.24) is 19.7 Å². The summed E-state index contributed by atoms with van der Waals surface area (Å²) in [7, 11) is 0. The van der Waals surface area contributed by atoms with Crippen LogP contribution >= 0.6 is 0 Å². The number of aromatic carboxylic acids is 1. The Morgan fingerprint density at radius 3 is 2.89 bits per heavy atom. The molecule has 0 amide bonds. The SMILES string of the molecule is Nc1cccc(-c2nncn2CCCCOc2ccc(F)cc2C(=O)O)n1. The number of benzene rings is 1. The van der Waals surface area contributed by atoms with E-state index in [9.17, 15) is 9.18 Å². The summed E-state index contributed by atoms with van der Waals surface area (Å²) in [5, 5.41) is 17.1. The van der Waals surface area contributed by atoms with Crippen LogP contribution < -0.4 is 10.5 Å². The zero-order valence-corrected chi connectivity index (χ0v) is 14.4. The highest BCUT2D eigenvalue weighted by molar-refractivity contribution is 5.90. The number of aryl methyl sites for hydroxylation is 1. The van der Waals surface area contributed by atoms with E-state index in [4.69, 9.17) is 15.6 Å². The van der Waals surface area contributed by atoms with E-state index >= 15 is 0 Å². The maximum Gasteiger partial charge on any atom is 0.339 e. The molecule has 0 aliphatic rings. The molecule has 0 saturated carbocycles. The van der Waals surface area contributed by atoms with Crippen LogP contribution in [0.5, 0.6) is 5.75 Å². The Hall–Kier alpha value is -3.49. The van der Waals surface area contributed by atoms with Crippen LogP contribution in [0.4, 0.5) is 10.2 Å². The molecule has 0 radical (unpaired) electrons. The summed E-state index contributed by atoms with van der Waals surface area (Å²) in [4.78, 5) is 15.4. The van der Waals surface area contributed by atoms with Gasteiger partial charge in [-0.1, -0.05) is 6.07 Å². The maximum absolute atomic E-state index is 13.2. The fraction of sp³-hybridized carbons (Fsp3) is 0.222. The molecule has 9 heteroatoms. The van der Waals surface area contributed by atoms with Gasteiger partial charge in [-0.3, -0.25) is 0 Å². The Balaban J connectivity index is 1.54. The molecule has 8 nitrogen and oxygen atoms in total. The normalized spacial score (nSPS) is 10.7. The number of halogens is 1. The number of pyridine rings is 1. The number of nitrogen functional groups attached to an aromatic ring is 1. The van der Waals surface area contributed by atoms with E-state index in [1.165, 1.54) is 12.1 Å². The molecule has 2 aromatic heterocycles. The van der Waals surface area contributed by atoms with Crippen LogP contribution in [0.1, 0.15) is 23.2 Å². The second-order valence-electron chi connectivity index (χ2n) is 5.80. The quantitative estimate of drug-likeness (QED) is 0.585. The maximum atomic E-state index is 13.2. The highest BCUT2D eigenvalue weighted by atomic mass is 19.1. The molecule has 140 valence electrons. The summed E-state index contributed by atoms with van der Waals surface area (Å²) in [5.74, 6) is -0.667. The number of rotatable bonds is 8. The number of carboxylic acid groups (broad SMARTS) is 1. The van der Waals surface area contributed by atoms with Crippen LogP contribution in [0.3, 0.4) is 0 Å². The Bertz CT molecular complexity index is 944. The molecule has 2 heterocycles. The van der Waals surface area contributed by atoms with Gasteiger partial charge in [-0.25, -0.2) is 14.2 Å². The number of nitrogens with two attached hydrogens (primary N) is 1. The number of hydrogen-bond donors (Lipinski definition) is 2. The van der Waals surface area contributed by atoms with Gasteiger partial charge in [0.05, 0.1) is 6.61 Å². The molecule has 27 heavy (non-hydrogen) atoms. The van der Waals surface area contributed by atoms with Gasteiger partial charge in [0, 0.05) is 6.54 Å². The highest BCUT2D eigenvalue weighted by Gasteiger charge is 2.13. The zero-order chi connectivity index (χ0) is 19.2. The number of carbonyl (C=O) groups is 1. The van der Waals surface area contributed by atoms with E-state index in [1.807, 2.05) is 10.6 Å².